The van der Waals surface area contributed by atoms with Crippen molar-refractivity contribution in [2.45, 2.75) is 41.2 Å². The molecule has 1 saturated heterocycles. The summed E-state index contributed by atoms with van der Waals surface area (Å²) in [5, 5.41) is 1.61. The molecule has 1 heterocycles. The van der Waals surface area contributed by atoms with Gasteiger partial charge in [0.25, 0.3) is 0 Å². The summed E-state index contributed by atoms with van der Waals surface area (Å²) in [6.45, 7) is 1.34. The van der Waals surface area contributed by atoms with Crippen molar-refractivity contribution < 1.29 is 9.47 Å². The van der Waals surface area contributed by atoms with E-state index in [2.05, 4.69) is 0 Å². The first-order valence-corrected chi connectivity index (χ1v) is 8.37. The van der Waals surface area contributed by atoms with Crippen LogP contribution < -0.4 is 5.73 Å². The van der Waals surface area contributed by atoms with Crippen molar-refractivity contribution in [1.29, 1.82) is 0 Å². The molecule has 2 N–H and O–H groups in total. The lowest BCUT2D eigenvalue weighted by atomic mass is 9.90. The van der Waals surface area contributed by atoms with E-state index >= 15 is 0 Å². The maximum Gasteiger partial charge on any atom is 0.169 e. The summed E-state index contributed by atoms with van der Waals surface area (Å²) in [6, 6.07) is 5.62. The molecule has 0 amide bonds. The Bertz CT molecular complexity index is 494. The van der Waals surface area contributed by atoms with Crippen LogP contribution in [0.2, 0.25) is 10.0 Å². The molecule has 3 nitrogen and oxygen atoms in total. The number of nitrogens with two attached hydrogens (primary N) is 1. The first-order chi connectivity index (χ1) is 9.58. The number of thioether (sulfide) groups is 1. The fourth-order valence-corrected chi connectivity index (χ4v) is 4.59. The summed E-state index contributed by atoms with van der Waals surface area (Å²) in [5.74, 6) is -0.432. The molecule has 0 radical (unpaired) electrons. The molecule has 2 atom stereocenters. The summed E-state index contributed by atoms with van der Waals surface area (Å²) in [5.41, 5.74) is 6.26. The second kappa shape index (κ2) is 6.03. The summed E-state index contributed by atoms with van der Waals surface area (Å²) in [4.78, 5) is 0.967. The van der Waals surface area contributed by atoms with Gasteiger partial charge in [-0.25, -0.2) is 0 Å². The Hall–Kier alpha value is 0.0300. The largest absolute Gasteiger partial charge is 0.347 e. The number of ether oxygens (including phenoxy) is 2. The van der Waals surface area contributed by atoms with Gasteiger partial charge in [-0.05, 0) is 24.6 Å². The zero-order chi connectivity index (χ0) is 14.2. The van der Waals surface area contributed by atoms with Crippen molar-refractivity contribution in [3.8, 4) is 0 Å². The lowest BCUT2D eigenvalue weighted by molar-refractivity contribution is -0.176. The van der Waals surface area contributed by atoms with Crippen LogP contribution in [0.4, 0.5) is 0 Å². The summed E-state index contributed by atoms with van der Waals surface area (Å²) in [6.07, 6.45) is 2.56. The Morgan fingerprint density at radius 1 is 1.25 bits per heavy atom. The third kappa shape index (κ3) is 3.11. The van der Waals surface area contributed by atoms with Crippen molar-refractivity contribution in [3.05, 3.63) is 28.2 Å². The lowest BCUT2D eigenvalue weighted by Crippen LogP contribution is -2.47. The first kappa shape index (κ1) is 14.9. The highest BCUT2D eigenvalue weighted by atomic mass is 35.5. The third-order valence-corrected chi connectivity index (χ3v) is 5.92. The topological polar surface area (TPSA) is 44.5 Å². The highest BCUT2D eigenvalue weighted by molar-refractivity contribution is 8.00. The molecule has 2 aliphatic rings. The number of halogens is 2. The molecule has 20 heavy (non-hydrogen) atoms. The third-order valence-electron chi connectivity index (χ3n) is 3.83. The Morgan fingerprint density at radius 2 is 2.00 bits per heavy atom. The normalized spacial score (nSPS) is 28.9. The van der Waals surface area contributed by atoms with Crippen molar-refractivity contribution in [1.82, 2.24) is 0 Å². The molecule has 0 aromatic heterocycles. The fraction of sp³-hybridized carbons (Fsp3) is 0.571. The van der Waals surface area contributed by atoms with Crippen LogP contribution in [-0.4, -0.2) is 30.3 Å². The van der Waals surface area contributed by atoms with Crippen molar-refractivity contribution in [2.75, 3.05) is 13.2 Å². The second-order valence-electron chi connectivity index (χ2n) is 5.25. The van der Waals surface area contributed by atoms with Crippen LogP contribution in [0.5, 0.6) is 0 Å². The molecule has 110 valence electrons. The van der Waals surface area contributed by atoms with Gasteiger partial charge in [-0.2, -0.15) is 0 Å². The molecule has 2 unspecified atom stereocenters. The van der Waals surface area contributed by atoms with Gasteiger partial charge >= 0.3 is 0 Å². The quantitative estimate of drug-likeness (QED) is 0.896. The van der Waals surface area contributed by atoms with E-state index in [0.29, 0.717) is 23.3 Å². The highest BCUT2D eigenvalue weighted by Gasteiger charge is 2.44. The van der Waals surface area contributed by atoms with Crippen LogP contribution in [0.15, 0.2) is 23.1 Å². The average Bonchev–Trinajstić information content (AvgIpc) is 2.87. The number of rotatable bonds is 2. The smallest absolute Gasteiger partial charge is 0.169 e. The van der Waals surface area contributed by atoms with Gasteiger partial charge in [0.2, 0.25) is 0 Å². The molecule has 1 aromatic rings. The monoisotopic (exact) mass is 333 g/mol. The van der Waals surface area contributed by atoms with Gasteiger partial charge in [0.05, 0.1) is 18.2 Å². The van der Waals surface area contributed by atoms with Gasteiger partial charge in [0.1, 0.15) is 0 Å². The van der Waals surface area contributed by atoms with Gasteiger partial charge in [-0.3, -0.25) is 0 Å². The van der Waals surface area contributed by atoms with Gasteiger partial charge in [0, 0.05) is 34.1 Å². The maximum absolute atomic E-state index is 6.26. The van der Waals surface area contributed by atoms with E-state index < -0.39 is 5.79 Å². The summed E-state index contributed by atoms with van der Waals surface area (Å²) >= 11 is 13.9. The van der Waals surface area contributed by atoms with Crippen molar-refractivity contribution in [2.24, 2.45) is 5.73 Å². The van der Waals surface area contributed by atoms with Crippen LogP contribution in [0.25, 0.3) is 0 Å². The zero-order valence-electron chi connectivity index (χ0n) is 11.0. The molecule has 6 heteroatoms. The van der Waals surface area contributed by atoms with Crippen molar-refractivity contribution >= 4 is 35.0 Å². The summed E-state index contributed by atoms with van der Waals surface area (Å²) in [7, 11) is 0. The van der Waals surface area contributed by atoms with Gasteiger partial charge < -0.3 is 15.2 Å². The van der Waals surface area contributed by atoms with Crippen LogP contribution in [-0.2, 0) is 9.47 Å². The minimum absolute atomic E-state index is 0.119. The van der Waals surface area contributed by atoms with E-state index in [9.17, 15) is 0 Å². The molecule has 1 aromatic carbocycles. The molecule has 0 bridgehead atoms. The number of hydrogen-bond donors (Lipinski definition) is 1. The van der Waals surface area contributed by atoms with E-state index in [-0.39, 0.29) is 11.3 Å². The van der Waals surface area contributed by atoms with Crippen molar-refractivity contribution in [3.63, 3.8) is 0 Å². The minimum Gasteiger partial charge on any atom is -0.347 e. The van der Waals surface area contributed by atoms with Crippen LogP contribution in [0, 0.1) is 0 Å². The number of hydrogen-bond acceptors (Lipinski definition) is 4. The lowest BCUT2D eigenvalue weighted by Gasteiger charge is -2.39. The predicted octanol–water partition coefficient (Wildman–Crippen LogP) is 3.71. The second-order valence-corrected chi connectivity index (χ2v) is 7.37. The van der Waals surface area contributed by atoms with E-state index in [1.165, 1.54) is 0 Å². The van der Waals surface area contributed by atoms with E-state index in [1.807, 2.05) is 12.1 Å². The molecule has 1 aliphatic carbocycles. The number of benzene rings is 1. The molecule has 1 spiro atoms. The molecular formula is C14H17Cl2NO2S. The first-order valence-electron chi connectivity index (χ1n) is 6.73. The molecule has 1 saturated carbocycles. The van der Waals surface area contributed by atoms with E-state index in [1.54, 1.807) is 17.8 Å². The van der Waals surface area contributed by atoms with Gasteiger partial charge in [0.15, 0.2) is 5.79 Å². The Balaban J connectivity index is 1.76. The Kier molecular flexibility index (Phi) is 4.51. The predicted molar refractivity (Wildman–Crippen MR) is 82.6 cm³/mol. The minimum atomic E-state index is -0.432. The van der Waals surface area contributed by atoms with Gasteiger partial charge in [-0.1, -0.05) is 23.2 Å². The summed E-state index contributed by atoms with van der Waals surface area (Å²) < 4.78 is 11.6. The van der Waals surface area contributed by atoms with Gasteiger partial charge in [-0.15, -0.1) is 11.8 Å². The molecule has 2 fully saturated rings. The van der Waals surface area contributed by atoms with Crippen LogP contribution >= 0.6 is 35.0 Å². The van der Waals surface area contributed by atoms with E-state index in [4.69, 9.17) is 38.4 Å². The molecular weight excluding hydrogens is 317 g/mol. The van der Waals surface area contributed by atoms with Crippen LogP contribution in [0.3, 0.4) is 0 Å². The molecule has 3 rings (SSSR count). The standard InChI is InChI=1S/C14H17Cl2NO2S/c15-9-1-2-10(16)12(7-9)20-13-8-14(4-3-11(13)17)18-5-6-19-14/h1-2,7,11,13H,3-6,8,17H2. The zero-order valence-corrected chi connectivity index (χ0v) is 13.3. The Labute approximate surface area is 133 Å². The fourth-order valence-electron chi connectivity index (χ4n) is 2.75. The maximum atomic E-state index is 6.26. The highest BCUT2D eigenvalue weighted by Crippen LogP contribution is 2.43. The molecule has 1 aliphatic heterocycles. The Morgan fingerprint density at radius 3 is 2.75 bits per heavy atom. The van der Waals surface area contributed by atoms with E-state index in [0.717, 1.165) is 24.2 Å². The SMILES string of the molecule is NC1CCC2(CC1Sc1cc(Cl)ccc1Cl)OCCO2. The van der Waals surface area contributed by atoms with Crippen LogP contribution in [0.1, 0.15) is 19.3 Å². The average molecular weight is 334 g/mol.